The largest absolute Gasteiger partial charge is 0.434 e. The molecule has 0 aliphatic rings. The number of hydrogen-bond donors (Lipinski definition) is 2. The molecule has 0 bridgehead atoms. The number of rotatable bonds is 3. The molecule has 2 heterocycles. The third kappa shape index (κ3) is 2.81. The van der Waals surface area contributed by atoms with E-state index in [1.54, 1.807) is 0 Å². The highest BCUT2D eigenvalue weighted by molar-refractivity contribution is 5.92. The third-order valence-corrected chi connectivity index (χ3v) is 4.66. The number of imidazole rings is 1. The molecule has 136 valence electrons. The van der Waals surface area contributed by atoms with Crippen molar-refractivity contribution in [1.29, 1.82) is 0 Å². The Morgan fingerprint density at radius 3 is 2.32 bits per heavy atom. The standard InChI is InChI=1S/C22H16N4O2/c1-13-11-17(21-25-26-22(27)28-21)19-18(12-13)23-20(24-19)16-9-7-15(8-10-16)14-5-3-2-4-6-14/h2-12H,1H3,(H,23,24)(H,26,27). The van der Waals surface area contributed by atoms with Crippen molar-refractivity contribution in [2.45, 2.75) is 6.92 Å². The second kappa shape index (κ2) is 6.35. The summed E-state index contributed by atoms with van der Waals surface area (Å²) in [4.78, 5) is 19.4. The van der Waals surface area contributed by atoms with Crippen molar-refractivity contribution < 1.29 is 4.42 Å². The van der Waals surface area contributed by atoms with Crippen LogP contribution in [0.25, 0.3) is 45.0 Å². The summed E-state index contributed by atoms with van der Waals surface area (Å²) < 4.78 is 5.14. The topological polar surface area (TPSA) is 87.6 Å². The van der Waals surface area contributed by atoms with Gasteiger partial charge in [-0.3, -0.25) is 0 Å². The van der Waals surface area contributed by atoms with Gasteiger partial charge in [-0.05, 0) is 35.7 Å². The number of aromatic nitrogens is 4. The van der Waals surface area contributed by atoms with Gasteiger partial charge < -0.3 is 9.40 Å². The number of hydrogen-bond acceptors (Lipinski definition) is 4. The summed E-state index contributed by atoms with van der Waals surface area (Å²) in [6.45, 7) is 1.98. The van der Waals surface area contributed by atoms with Gasteiger partial charge in [0.05, 0.1) is 11.1 Å². The highest BCUT2D eigenvalue weighted by Gasteiger charge is 2.15. The monoisotopic (exact) mass is 368 g/mol. The quantitative estimate of drug-likeness (QED) is 0.489. The molecule has 0 saturated heterocycles. The molecule has 6 nitrogen and oxygen atoms in total. The molecule has 0 aliphatic heterocycles. The average molecular weight is 368 g/mol. The van der Waals surface area contributed by atoms with Crippen LogP contribution in [0, 0.1) is 6.92 Å². The molecule has 0 amide bonds. The van der Waals surface area contributed by atoms with Crippen LogP contribution in [0.15, 0.2) is 75.9 Å². The van der Waals surface area contributed by atoms with Gasteiger partial charge in [0.25, 0.3) is 5.89 Å². The van der Waals surface area contributed by atoms with Gasteiger partial charge >= 0.3 is 5.76 Å². The van der Waals surface area contributed by atoms with Gasteiger partial charge in [0, 0.05) is 5.56 Å². The minimum absolute atomic E-state index is 0.233. The summed E-state index contributed by atoms with van der Waals surface area (Å²) in [6.07, 6.45) is 0. The van der Waals surface area contributed by atoms with Crippen LogP contribution in [0.1, 0.15) is 5.56 Å². The number of nitrogens with zero attached hydrogens (tertiary/aromatic N) is 2. The maximum atomic E-state index is 11.3. The lowest BCUT2D eigenvalue weighted by Crippen LogP contribution is -1.93. The summed E-state index contributed by atoms with van der Waals surface area (Å²) in [5.74, 6) is 0.396. The number of nitrogens with one attached hydrogen (secondary N) is 2. The minimum atomic E-state index is -0.586. The van der Waals surface area contributed by atoms with Crippen molar-refractivity contribution in [3.63, 3.8) is 0 Å². The van der Waals surface area contributed by atoms with Gasteiger partial charge in [-0.2, -0.15) is 0 Å². The highest BCUT2D eigenvalue weighted by Crippen LogP contribution is 2.30. The predicted molar refractivity (Wildman–Crippen MR) is 108 cm³/mol. The highest BCUT2D eigenvalue weighted by atomic mass is 16.4. The van der Waals surface area contributed by atoms with Crippen molar-refractivity contribution in [3.8, 4) is 34.0 Å². The van der Waals surface area contributed by atoms with Crippen LogP contribution in [0.5, 0.6) is 0 Å². The van der Waals surface area contributed by atoms with E-state index in [4.69, 9.17) is 9.40 Å². The molecular weight excluding hydrogens is 352 g/mol. The van der Waals surface area contributed by atoms with Crippen LogP contribution in [0.3, 0.4) is 0 Å². The van der Waals surface area contributed by atoms with Crippen molar-refractivity contribution in [1.82, 2.24) is 20.2 Å². The summed E-state index contributed by atoms with van der Waals surface area (Å²) >= 11 is 0. The molecule has 5 aromatic rings. The van der Waals surface area contributed by atoms with Crippen LogP contribution in [0.2, 0.25) is 0 Å². The average Bonchev–Trinajstić information content (AvgIpc) is 3.34. The molecule has 2 N–H and O–H groups in total. The zero-order chi connectivity index (χ0) is 19.1. The third-order valence-electron chi connectivity index (χ3n) is 4.66. The second-order valence-electron chi connectivity index (χ2n) is 6.66. The predicted octanol–water partition coefficient (Wildman–Crippen LogP) is 4.55. The van der Waals surface area contributed by atoms with E-state index in [0.717, 1.165) is 28.0 Å². The molecule has 0 aliphatic carbocycles. The van der Waals surface area contributed by atoms with Gasteiger partial charge in [0.15, 0.2) is 0 Å². The molecule has 0 radical (unpaired) electrons. The van der Waals surface area contributed by atoms with Crippen LogP contribution in [0.4, 0.5) is 0 Å². The fourth-order valence-corrected chi connectivity index (χ4v) is 3.36. The Hall–Kier alpha value is -3.93. The zero-order valence-corrected chi connectivity index (χ0v) is 15.1. The van der Waals surface area contributed by atoms with E-state index >= 15 is 0 Å². The first-order valence-electron chi connectivity index (χ1n) is 8.89. The first-order chi connectivity index (χ1) is 13.7. The van der Waals surface area contributed by atoms with E-state index in [9.17, 15) is 4.79 Å². The summed E-state index contributed by atoms with van der Waals surface area (Å²) in [6, 6.07) is 22.4. The first-order valence-corrected chi connectivity index (χ1v) is 8.89. The molecule has 2 aromatic heterocycles. The SMILES string of the molecule is Cc1cc(-c2n[nH]c(=O)o2)c2nc(-c3ccc(-c4ccccc4)cc3)[nH]c2c1. The van der Waals surface area contributed by atoms with Gasteiger partial charge in [0.1, 0.15) is 11.3 Å². The van der Waals surface area contributed by atoms with Crippen molar-refractivity contribution in [2.24, 2.45) is 0 Å². The molecule has 0 unspecified atom stereocenters. The molecule has 0 atom stereocenters. The maximum Gasteiger partial charge on any atom is 0.434 e. The van der Waals surface area contributed by atoms with Crippen LogP contribution < -0.4 is 5.76 Å². The number of H-pyrrole nitrogens is 2. The second-order valence-corrected chi connectivity index (χ2v) is 6.66. The number of benzene rings is 3. The number of aromatic amines is 2. The Labute approximate surface area is 159 Å². The Balaban J connectivity index is 1.59. The molecule has 0 spiro atoms. The Morgan fingerprint density at radius 2 is 1.61 bits per heavy atom. The first kappa shape index (κ1) is 16.3. The Kier molecular flexibility index (Phi) is 3.69. The smallest absolute Gasteiger partial charge is 0.388 e. The molecular formula is C22H16N4O2. The van der Waals surface area contributed by atoms with E-state index < -0.39 is 5.76 Å². The van der Waals surface area contributed by atoms with Crippen LogP contribution in [-0.2, 0) is 0 Å². The van der Waals surface area contributed by atoms with Gasteiger partial charge in [-0.25, -0.2) is 14.9 Å². The van der Waals surface area contributed by atoms with E-state index in [0.29, 0.717) is 11.1 Å². The lowest BCUT2D eigenvalue weighted by molar-refractivity contribution is 0.527. The summed E-state index contributed by atoms with van der Waals surface area (Å²) in [5, 5.41) is 6.25. The molecule has 6 heteroatoms. The fourth-order valence-electron chi connectivity index (χ4n) is 3.36. The zero-order valence-electron chi connectivity index (χ0n) is 15.1. The normalized spacial score (nSPS) is 11.2. The van der Waals surface area contributed by atoms with Gasteiger partial charge in [-0.1, -0.05) is 54.6 Å². The summed E-state index contributed by atoms with van der Waals surface area (Å²) in [7, 11) is 0. The van der Waals surface area contributed by atoms with E-state index in [1.807, 2.05) is 49.4 Å². The van der Waals surface area contributed by atoms with Crippen LogP contribution in [-0.4, -0.2) is 20.2 Å². The van der Waals surface area contributed by atoms with Gasteiger partial charge in [-0.15, -0.1) is 5.10 Å². The van der Waals surface area contributed by atoms with Crippen molar-refractivity contribution >= 4 is 11.0 Å². The lowest BCUT2D eigenvalue weighted by Gasteiger charge is -2.02. The van der Waals surface area contributed by atoms with E-state index in [1.165, 1.54) is 5.56 Å². The molecule has 5 rings (SSSR count). The summed E-state index contributed by atoms with van der Waals surface area (Å²) in [5.41, 5.74) is 6.56. The minimum Gasteiger partial charge on any atom is -0.388 e. The van der Waals surface area contributed by atoms with Crippen LogP contribution >= 0.6 is 0 Å². The molecule has 3 aromatic carbocycles. The number of fused-ring (bicyclic) bond motifs is 1. The lowest BCUT2D eigenvalue weighted by atomic mass is 10.0. The number of aryl methyl sites for hydroxylation is 1. The molecule has 28 heavy (non-hydrogen) atoms. The van der Waals surface area contributed by atoms with E-state index in [2.05, 4.69) is 39.4 Å². The Bertz CT molecular complexity index is 1330. The van der Waals surface area contributed by atoms with Crippen molar-refractivity contribution in [2.75, 3.05) is 0 Å². The van der Waals surface area contributed by atoms with Crippen molar-refractivity contribution in [3.05, 3.63) is 82.8 Å². The van der Waals surface area contributed by atoms with Gasteiger partial charge in [0.2, 0.25) is 0 Å². The maximum absolute atomic E-state index is 11.3. The molecule has 0 fully saturated rings. The van der Waals surface area contributed by atoms with E-state index in [-0.39, 0.29) is 5.89 Å². The Morgan fingerprint density at radius 1 is 0.893 bits per heavy atom. The fraction of sp³-hybridized carbons (Fsp3) is 0.0455. The molecule has 0 saturated carbocycles.